The topological polar surface area (TPSA) is 101 Å². The molecule has 0 atom stereocenters. The van der Waals surface area contributed by atoms with E-state index in [4.69, 9.17) is 23.7 Å². The van der Waals surface area contributed by atoms with E-state index in [1.54, 1.807) is 25.7 Å². The highest BCUT2D eigenvalue weighted by Crippen LogP contribution is 2.46. The first-order valence-electron chi connectivity index (χ1n) is 13.1. The summed E-state index contributed by atoms with van der Waals surface area (Å²) in [7, 11) is 1.29. The molecule has 220 valence electrons. The number of nitrogens with zero attached hydrogens (tertiary/aromatic N) is 1. The zero-order chi connectivity index (χ0) is 29.7. The molecule has 1 aliphatic heterocycles. The summed E-state index contributed by atoms with van der Waals surface area (Å²) < 4.78 is 28.1. The van der Waals surface area contributed by atoms with Gasteiger partial charge in [-0.15, -0.1) is 11.3 Å². The van der Waals surface area contributed by atoms with Gasteiger partial charge in [0.05, 0.1) is 23.1 Å². The Kier molecular flexibility index (Phi) is 10.5. The van der Waals surface area contributed by atoms with Crippen LogP contribution in [0.1, 0.15) is 64.1 Å². The number of halogens is 1. The third kappa shape index (κ3) is 9.12. The molecule has 9 nitrogen and oxygen atoms in total. The second-order valence-electron chi connectivity index (χ2n) is 11.5. The van der Waals surface area contributed by atoms with Gasteiger partial charge >= 0.3 is 18.0 Å². The first-order chi connectivity index (χ1) is 18.7. The zero-order valence-corrected chi connectivity index (χ0v) is 26.5. The Morgan fingerprint density at radius 1 is 1.00 bits per heavy atom. The summed E-state index contributed by atoms with van der Waals surface area (Å²) >= 11 is 4.75. The number of hydrogen-bond acceptors (Lipinski definition) is 9. The summed E-state index contributed by atoms with van der Waals surface area (Å²) in [6, 6.07) is 7.55. The molecule has 3 rings (SSSR count). The molecule has 0 aliphatic carbocycles. The van der Waals surface area contributed by atoms with Crippen LogP contribution in [-0.2, 0) is 19.0 Å². The Labute approximate surface area is 248 Å². The maximum Gasteiger partial charge on any atom is 0.410 e. The van der Waals surface area contributed by atoms with E-state index in [1.807, 2.05) is 45.0 Å². The third-order valence-electron chi connectivity index (χ3n) is 5.78. The fraction of sp³-hybridized carbons (Fsp3) is 0.552. The lowest BCUT2D eigenvalue weighted by Crippen LogP contribution is -2.42. The Morgan fingerprint density at radius 3 is 2.25 bits per heavy atom. The quantitative estimate of drug-likeness (QED) is 0.232. The number of methoxy groups -OCH3 is 1. The van der Waals surface area contributed by atoms with Crippen molar-refractivity contribution >= 4 is 45.3 Å². The molecule has 1 saturated heterocycles. The number of ether oxygens (including phenoxy) is 5. The van der Waals surface area contributed by atoms with E-state index in [0.717, 1.165) is 23.3 Å². The number of likely N-dealkylation sites (tertiary alicyclic amines) is 1. The number of carbonyl (C=O) groups is 3. The van der Waals surface area contributed by atoms with Crippen molar-refractivity contribution in [3.63, 3.8) is 0 Å². The van der Waals surface area contributed by atoms with Crippen molar-refractivity contribution in [1.82, 2.24) is 4.90 Å². The van der Waals surface area contributed by atoms with Crippen LogP contribution in [-0.4, -0.2) is 67.5 Å². The highest BCUT2D eigenvalue weighted by atomic mass is 79.9. The van der Waals surface area contributed by atoms with Crippen LogP contribution >= 0.6 is 27.3 Å². The number of esters is 2. The minimum atomic E-state index is -0.655. The predicted octanol–water partition coefficient (Wildman–Crippen LogP) is 6.71. The molecular formula is C29H38BrNO8S. The van der Waals surface area contributed by atoms with Gasteiger partial charge in [-0.05, 0) is 93.9 Å². The van der Waals surface area contributed by atoms with Crippen LogP contribution in [0.25, 0.3) is 10.4 Å². The van der Waals surface area contributed by atoms with Crippen LogP contribution in [0.4, 0.5) is 4.79 Å². The molecule has 0 spiro atoms. The van der Waals surface area contributed by atoms with Gasteiger partial charge in [-0.25, -0.2) is 14.4 Å². The summed E-state index contributed by atoms with van der Waals surface area (Å²) in [5.41, 5.74) is -0.355. The van der Waals surface area contributed by atoms with Crippen LogP contribution in [0.5, 0.6) is 11.5 Å². The minimum Gasteiger partial charge on any atom is -0.493 e. The van der Waals surface area contributed by atoms with Crippen LogP contribution in [0.3, 0.4) is 0 Å². The second-order valence-corrected chi connectivity index (χ2v) is 13.3. The van der Waals surface area contributed by atoms with Crippen molar-refractivity contribution in [2.75, 3.05) is 33.4 Å². The Morgan fingerprint density at radius 2 is 1.65 bits per heavy atom. The highest BCUT2D eigenvalue weighted by molar-refractivity contribution is 9.10. The lowest BCUT2D eigenvalue weighted by atomic mass is 9.98. The van der Waals surface area contributed by atoms with Gasteiger partial charge in [0, 0.05) is 13.1 Å². The summed E-state index contributed by atoms with van der Waals surface area (Å²) in [5, 5.41) is 0. The van der Waals surface area contributed by atoms with Gasteiger partial charge in [0.1, 0.15) is 17.0 Å². The molecule has 0 N–H and O–H groups in total. The summed E-state index contributed by atoms with van der Waals surface area (Å²) in [4.78, 5) is 39.7. The molecule has 0 bridgehead atoms. The van der Waals surface area contributed by atoms with Crippen LogP contribution in [0.2, 0.25) is 0 Å². The number of thiophene rings is 1. The number of carbonyl (C=O) groups excluding carboxylic acids is 3. The third-order valence-corrected chi connectivity index (χ3v) is 8.00. The summed E-state index contributed by atoms with van der Waals surface area (Å²) in [5.74, 6) is 0.107. The molecule has 1 aromatic carbocycles. The van der Waals surface area contributed by atoms with E-state index in [0.29, 0.717) is 35.8 Å². The highest BCUT2D eigenvalue weighted by Gasteiger charge is 2.28. The van der Waals surface area contributed by atoms with E-state index in [-0.39, 0.29) is 23.3 Å². The molecule has 0 radical (unpaired) electrons. The number of amides is 1. The van der Waals surface area contributed by atoms with Crippen molar-refractivity contribution in [2.45, 2.75) is 65.6 Å². The van der Waals surface area contributed by atoms with E-state index in [2.05, 4.69) is 15.9 Å². The average molecular weight is 641 g/mol. The first-order valence-corrected chi connectivity index (χ1v) is 14.7. The molecule has 40 heavy (non-hydrogen) atoms. The van der Waals surface area contributed by atoms with Crippen molar-refractivity contribution in [3.05, 3.63) is 33.6 Å². The van der Waals surface area contributed by atoms with Gasteiger partial charge in [0.2, 0.25) is 0 Å². The van der Waals surface area contributed by atoms with Crippen LogP contribution < -0.4 is 9.47 Å². The van der Waals surface area contributed by atoms with Gasteiger partial charge in [0.25, 0.3) is 0 Å². The van der Waals surface area contributed by atoms with Gasteiger partial charge in [0.15, 0.2) is 17.2 Å². The molecule has 1 fully saturated rings. The fourth-order valence-electron chi connectivity index (χ4n) is 3.99. The molecule has 11 heteroatoms. The number of benzene rings is 1. The molecule has 1 aromatic heterocycles. The fourth-order valence-corrected chi connectivity index (χ4v) is 5.96. The van der Waals surface area contributed by atoms with Crippen molar-refractivity contribution in [3.8, 4) is 21.9 Å². The van der Waals surface area contributed by atoms with E-state index < -0.39 is 23.1 Å². The van der Waals surface area contributed by atoms with E-state index in [1.165, 1.54) is 18.4 Å². The lowest BCUT2D eigenvalue weighted by molar-refractivity contribution is -0.157. The van der Waals surface area contributed by atoms with Crippen LogP contribution in [0, 0.1) is 5.92 Å². The van der Waals surface area contributed by atoms with Crippen LogP contribution in [0.15, 0.2) is 28.7 Å². The molecular weight excluding hydrogens is 602 g/mol. The van der Waals surface area contributed by atoms with E-state index >= 15 is 0 Å². The van der Waals surface area contributed by atoms with Gasteiger partial charge in [-0.1, -0.05) is 12.1 Å². The molecule has 2 heterocycles. The number of hydrogen-bond donors (Lipinski definition) is 0. The monoisotopic (exact) mass is 639 g/mol. The standard InChI is InChI=1S/C29H38BrNO8S/c1-28(2,3)38-21(32)17-37-23-22(30)24(40-25(23)26(33)35-7)19-9-8-10-20(15-19)36-16-18-11-13-31(14-12-18)27(34)39-29(4,5)6/h8-10,15,18H,11-14,16-17H2,1-7H3. The van der Waals surface area contributed by atoms with Crippen molar-refractivity contribution in [1.29, 1.82) is 0 Å². The molecule has 0 saturated carbocycles. The SMILES string of the molecule is COC(=O)c1sc(-c2cccc(OCC3CCN(C(=O)OC(C)(C)C)CC3)c2)c(Br)c1OCC(=O)OC(C)(C)C. The first kappa shape index (κ1) is 31.7. The minimum absolute atomic E-state index is 0.223. The Bertz CT molecular complexity index is 1210. The average Bonchev–Trinajstić information content (AvgIpc) is 3.20. The molecule has 0 unspecified atom stereocenters. The smallest absolute Gasteiger partial charge is 0.410 e. The Hall–Kier alpha value is -2.79. The second kappa shape index (κ2) is 13.2. The zero-order valence-electron chi connectivity index (χ0n) is 24.1. The van der Waals surface area contributed by atoms with Gasteiger partial charge in [-0.2, -0.15) is 0 Å². The number of piperidine rings is 1. The Balaban J connectivity index is 1.67. The maximum absolute atomic E-state index is 12.5. The van der Waals surface area contributed by atoms with E-state index in [9.17, 15) is 14.4 Å². The van der Waals surface area contributed by atoms with Crippen molar-refractivity contribution < 1.29 is 38.1 Å². The maximum atomic E-state index is 12.5. The normalized spacial score (nSPS) is 14.4. The summed E-state index contributed by atoms with van der Waals surface area (Å²) in [6.45, 7) is 12.3. The lowest BCUT2D eigenvalue weighted by Gasteiger charge is -2.33. The largest absolute Gasteiger partial charge is 0.493 e. The molecule has 1 aliphatic rings. The molecule has 2 aromatic rings. The van der Waals surface area contributed by atoms with Gasteiger partial charge < -0.3 is 28.6 Å². The predicted molar refractivity (Wildman–Crippen MR) is 156 cm³/mol. The number of rotatable bonds is 8. The molecule has 1 amide bonds. The summed E-state index contributed by atoms with van der Waals surface area (Å²) in [6.07, 6.45) is 1.38. The van der Waals surface area contributed by atoms with Gasteiger partial charge in [-0.3, -0.25) is 0 Å². The van der Waals surface area contributed by atoms with Crippen molar-refractivity contribution in [2.24, 2.45) is 5.92 Å².